The molecule has 0 heterocycles. The van der Waals surface area contributed by atoms with Gasteiger partial charge in [-0.3, -0.25) is 5.41 Å². The molecule has 24 heavy (non-hydrogen) atoms. The van der Waals surface area contributed by atoms with E-state index in [4.69, 9.17) is 25.4 Å². The van der Waals surface area contributed by atoms with Gasteiger partial charge >= 0.3 is 0 Å². The second kappa shape index (κ2) is 8.82. The van der Waals surface area contributed by atoms with Crippen LogP contribution >= 0.6 is 0 Å². The molecule has 0 bridgehead atoms. The number of rotatable bonds is 9. The summed E-state index contributed by atoms with van der Waals surface area (Å²) in [6, 6.07) is 12.9. The lowest BCUT2D eigenvalue weighted by Crippen LogP contribution is -2.12. The van der Waals surface area contributed by atoms with Gasteiger partial charge in [0.15, 0.2) is 0 Å². The van der Waals surface area contributed by atoms with Crippen molar-refractivity contribution in [1.29, 1.82) is 5.41 Å². The van der Waals surface area contributed by atoms with Gasteiger partial charge in [0.2, 0.25) is 0 Å². The zero-order chi connectivity index (χ0) is 17.4. The zero-order valence-electron chi connectivity index (χ0n) is 14.2. The van der Waals surface area contributed by atoms with Gasteiger partial charge in [-0.1, -0.05) is 19.4 Å². The van der Waals surface area contributed by atoms with Crippen LogP contribution in [-0.4, -0.2) is 26.2 Å². The number of nitrogens with one attached hydrogen (secondary N) is 1. The summed E-state index contributed by atoms with van der Waals surface area (Å²) < 4.78 is 16.9. The number of nitrogen functional groups attached to an aromatic ring is 1. The molecule has 0 aliphatic heterocycles. The Kier molecular flexibility index (Phi) is 6.49. The molecule has 5 heteroatoms. The first kappa shape index (κ1) is 17.7. The molecule has 0 aliphatic rings. The SMILES string of the molecule is CCCc1c(OC)cccc1OCCOc1ccc(C(=N)N)cc1. The Bertz CT molecular complexity index is 669. The number of hydrogen-bond acceptors (Lipinski definition) is 4. The molecule has 2 aromatic carbocycles. The second-order valence-corrected chi connectivity index (χ2v) is 5.32. The molecule has 0 saturated heterocycles. The summed E-state index contributed by atoms with van der Waals surface area (Å²) in [5.41, 5.74) is 7.20. The maximum Gasteiger partial charge on any atom is 0.126 e. The normalized spacial score (nSPS) is 10.2. The van der Waals surface area contributed by atoms with Crippen LogP contribution in [0.25, 0.3) is 0 Å². The van der Waals surface area contributed by atoms with Crippen LogP contribution in [0, 0.1) is 5.41 Å². The van der Waals surface area contributed by atoms with Crippen LogP contribution in [0.15, 0.2) is 42.5 Å². The highest BCUT2D eigenvalue weighted by molar-refractivity contribution is 5.94. The molecule has 3 N–H and O–H groups in total. The molecule has 0 spiro atoms. The molecular weight excluding hydrogens is 304 g/mol. The summed E-state index contributed by atoms with van der Waals surface area (Å²) in [5.74, 6) is 2.47. The number of amidine groups is 1. The van der Waals surface area contributed by atoms with E-state index in [9.17, 15) is 0 Å². The first-order chi connectivity index (χ1) is 11.7. The van der Waals surface area contributed by atoms with Crippen LogP contribution in [0.4, 0.5) is 0 Å². The van der Waals surface area contributed by atoms with Gasteiger partial charge in [0.05, 0.1) is 7.11 Å². The minimum Gasteiger partial charge on any atom is -0.496 e. The van der Waals surface area contributed by atoms with Gasteiger partial charge in [0.25, 0.3) is 0 Å². The highest BCUT2D eigenvalue weighted by Gasteiger charge is 2.09. The van der Waals surface area contributed by atoms with Crippen molar-refractivity contribution in [2.75, 3.05) is 20.3 Å². The fourth-order valence-electron chi connectivity index (χ4n) is 2.41. The van der Waals surface area contributed by atoms with Crippen molar-refractivity contribution in [3.05, 3.63) is 53.6 Å². The second-order valence-electron chi connectivity index (χ2n) is 5.32. The molecule has 0 saturated carbocycles. The van der Waals surface area contributed by atoms with Crippen LogP contribution in [0.2, 0.25) is 0 Å². The van der Waals surface area contributed by atoms with Crippen molar-refractivity contribution in [1.82, 2.24) is 0 Å². The fraction of sp³-hybridized carbons (Fsp3) is 0.316. The van der Waals surface area contributed by atoms with Gasteiger partial charge in [-0.25, -0.2) is 0 Å². The van der Waals surface area contributed by atoms with Gasteiger partial charge in [-0.05, 0) is 42.8 Å². The molecule has 0 amide bonds. The highest BCUT2D eigenvalue weighted by atomic mass is 16.5. The summed E-state index contributed by atoms with van der Waals surface area (Å²) in [7, 11) is 1.67. The van der Waals surface area contributed by atoms with Crippen LogP contribution in [0.5, 0.6) is 17.2 Å². The highest BCUT2D eigenvalue weighted by Crippen LogP contribution is 2.29. The van der Waals surface area contributed by atoms with E-state index in [2.05, 4.69) is 6.92 Å². The first-order valence-corrected chi connectivity index (χ1v) is 8.01. The van der Waals surface area contributed by atoms with Gasteiger partial charge in [-0.15, -0.1) is 0 Å². The topological polar surface area (TPSA) is 77.6 Å². The standard InChI is InChI=1S/C19H24N2O3/c1-3-5-16-17(22-2)6-4-7-18(16)24-13-12-23-15-10-8-14(9-11-15)19(20)21/h4,6-11H,3,5,12-13H2,1-2H3,(H3,20,21). The van der Waals surface area contributed by atoms with E-state index in [0.29, 0.717) is 18.8 Å². The smallest absolute Gasteiger partial charge is 0.126 e. The summed E-state index contributed by atoms with van der Waals surface area (Å²) >= 11 is 0. The maximum absolute atomic E-state index is 7.36. The van der Waals surface area contributed by atoms with Crippen molar-refractivity contribution < 1.29 is 14.2 Å². The molecule has 0 atom stereocenters. The third kappa shape index (κ3) is 4.65. The van der Waals surface area contributed by atoms with Crippen molar-refractivity contribution in [3.8, 4) is 17.2 Å². The zero-order valence-corrected chi connectivity index (χ0v) is 14.2. The summed E-state index contributed by atoms with van der Waals surface area (Å²) in [4.78, 5) is 0. The predicted molar refractivity (Wildman–Crippen MR) is 95.4 cm³/mol. The van der Waals surface area contributed by atoms with Crippen molar-refractivity contribution in [2.24, 2.45) is 5.73 Å². The van der Waals surface area contributed by atoms with E-state index in [-0.39, 0.29) is 5.84 Å². The Balaban J connectivity index is 1.89. The van der Waals surface area contributed by atoms with Crippen molar-refractivity contribution >= 4 is 5.84 Å². The number of hydrogen-bond donors (Lipinski definition) is 2. The van der Waals surface area contributed by atoms with E-state index in [0.717, 1.165) is 35.7 Å². The Labute approximate surface area is 142 Å². The Hall–Kier alpha value is -2.69. The molecule has 2 aromatic rings. The molecule has 0 aliphatic carbocycles. The van der Waals surface area contributed by atoms with E-state index in [1.54, 1.807) is 31.4 Å². The molecular formula is C19H24N2O3. The summed E-state index contributed by atoms with van der Waals surface area (Å²) in [6.07, 6.45) is 1.93. The van der Waals surface area contributed by atoms with E-state index < -0.39 is 0 Å². The monoisotopic (exact) mass is 328 g/mol. The maximum atomic E-state index is 7.36. The Morgan fingerprint density at radius 1 is 1.00 bits per heavy atom. The number of nitrogens with two attached hydrogens (primary N) is 1. The van der Waals surface area contributed by atoms with Crippen molar-refractivity contribution in [3.63, 3.8) is 0 Å². The van der Waals surface area contributed by atoms with Gasteiger partial charge in [0.1, 0.15) is 36.3 Å². The Morgan fingerprint density at radius 2 is 1.67 bits per heavy atom. The quantitative estimate of drug-likeness (QED) is 0.420. The summed E-state index contributed by atoms with van der Waals surface area (Å²) in [6.45, 7) is 3.00. The predicted octanol–water partition coefficient (Wildman–Crippen LogP) is 3.39. The third-order valence-corrected chi connectivity index (χ3v) is 3.58. The van der Waals surface area contributed by atoms with E-state index in [1.807, 2.05) is 18.2 Å². The van der Waals surface area contributed by atoms with Gasteiger partial charge in [0, 0.05) is 11.1 Å². The van der Waals surface area contributed by atoms with E-state index >= 15 is 0 Å². The average molecular weight is 328 g/mol. The molecule has 0 fully saturated rings. The largest absolute Gasteiger partial charge is 0.496 e. The molecule has 2 rings (SSSR count). The van der Waals surface area contributed by atoms with Crippen LogP contribution in [0.1, 0.15) is 24.5 Å². The lowest BCUT2D eigenvalue weighted by molar-refractivity contribution is 0.215. The van der Waals surface area contributed by atoms with Gasteiger partial charge < -0.3 is 19.9 Å². The van der Waals surface area contributed by atoms with E-state index in [1.165, 1.54) is 0 Å². The third-order valence-electron chi connectivity index (χ3n) is 3.58. The number of methoxy groups -OCH3 is 1. The minimum atomic E-state index is 0.0476. The van der Waals surface area contributed by atoms with Crippen LogP contribution in [-0.2, 0) is 6.42 Å². The summed E-state index contributed by atoms with van der Waals surface area (Å²) in [5, 5.41) is 7.36. The van der Waals surface area contributed by atoms with Crippen LogP contribution < -0.4 is 19.9 Å². The average Bonchev–Trinajstić information content (AvgIpc) is 2.60. The molecule has 128 valence electrons. The molecule has 5 nitrogen and oxygen atoms in total. The fourth-order valence-corrected chi connectivity index (χ4v) is 2.41. The number of ether oxygens (including phenoxy) is 3. The lowest BCUT2D eigenvalue weighted by Gasteiger charge is -2.14. The van der Waals surface area contributed by atoms with Crippen LogP contribution in [0.3, 0.4) is 0 Å². The Morgan fingerprint density at radius 3 is 2.29 bits per heavy atom. The molecule has 0 radical (unpaired) electrons. The first-order valence-electron chi connectivity index (χ1n) is 8.01. The molecule has 0 unspecified atom stereocenters. The number of benzene rings is 2. The minimum absolute atomic E-state index is 0.0476. The van der Waals surface area contributed by atoms with Crippen molar-refractivity contribution in [2.45, 2.75) is 19.8 Å². The van der Waals surface area contributed by atoms with Gasteiger partial charge in [-0.2, -0.15) is 0 Å². The lowest BCUT2D eigenvalue weighted by atomic mass is 10.1. The molecule has 0 aromatic heterocycles.